The van der Waals surface area contributed by atoms with E-state index >= 15 is 0 Å². The van der Waals surface area contributed by atoms with Gasteiger partial charge < -0.3 is 10.2 Å². The van der Waals surface area contributed by atoms with Gasteiger partial charge in [-0.3, -0.25) is 9.78 Å². The highest BCUT2D eigenvalue weighted by Gasteiger charge is 2.27. The van der Waals surface area contributed by atoms with Gasteiger partial charge >= 0.3 is 0 Å². The fourth-order valence-electron chi connectivity index (χ4n) is 3.61. The van der Waals surface area contributed by atoms with Crippen LogP contribution in [-0.4, -0.2) is 34.9 Å². The van der Waals surface area contributed by atoms with Gasteiger partial charge in [0.15, 0.2) is 0 Å². The molecule has 4 nitrogen and oxygen atoms in total. The van der Waals surface area contributed by atoms with Crippen LogP contribution in [0.15, 0.2) is 48.7 Å². The number of nitrogens with one attached hydrogen (secondary N) is 1. The minimum atomic E-state index is -0.278. The van der Waals surface area contributed by atoms with Gasteiger partial charge in [-0.15, -0.1) is 23.7 Å². The number of fused-ring (bicyclic) bond motifs is 1. The monoisotopic (exact) mass is 419 g/mol. The van der Waals surface area contributed by atoms with Crippen molar-refractivity contribution in [1.82, 2.24) is 15.2 Å². The first-order valence-corrected chi connectivity index (χ1v) is 10.1. The molecule has 28 heavy (non-hydrogen) atoms. The number of nitrogens with zero attached hydrogens (tertiary/aromatic N) is 2. The van der Waals surface area contributed by atoms with Gasteiger partial charge in [0.25, 0.3) is 5.91 Å². The van der Waals surface area contributed by atoms with Crippen LogP contribution >= 0.6 is 23.7 Å². The summed E-state index contributed by atoms with van der Waals surface area (Å²) < 4.78 is 14.5. The van der Waals surface area contributed by atoms with E-state index in [1.807, 2.05) is 29.2 Å². The van der Waals surface area contributed by atoms with Crippen LogP contribution in [0.25, 0.3) is 10.1 Å². The summed E-state index contributed by atoms with van der Waals surface area (Å²) in [6.45, 7) is 2.39. The molecule has 2 aromatic heterocycles. The Balaban J connectivity index is 0.00000225. The first-order valence-electron chi connectivity index (χ1n) is 9.31. The normalized spacial score (nSPS) is 17.0. The highest BCUT2D eigenvalue weighted by Crippen LogP contribution is 2.29. The van der Waals surface area contributed by atoms with Crippen LogP contribution in [0.3, 0.4) is 0 Å². The average Bonchev–Trinajstić information content (AvgIpc) is 2.92. The number of carbonyl (C=O) groups excluding carboxylic acids is 1. The van der Waals surface area contributed by atoms with Crippen LogP contribution in [0, 0.1) is 5.82 Å². The van der Waals surface area contributed by atoms with E-state index in [0.717, 1.165) is 48.1 Å². The summed E-state index contributed by atoms with van der Waals surface area (Å²) in [7, 11) is 0. The summed E-state index contributed by atoms with van der Waals surface area (Å²) in [6, 6.07) is 12.4. The molecule has 3 aromatic rings. The number of pyridine rings is 1. The zero-order valence-corrected chi connectivity index (χ0v) is 17.1. The van der Waals surface area contributed by atoms with Gasteiger partial charge in [-0.25, -0.2) is 4.39 Å². The molecular formula is C21H23ClFN3OS. The maximum absolute atomic E-state index is 13.5. The highest BCUT2D eigenvalue weighted by molar-refractivity contribution is 7.20. The topological polar surface area (TPSA) is 45.2 Å². The molecule has 3 heterocycles. The van der Waals surface area contributed by atoms with Crippen molar-refractivity contribution >= 4 is 39.7 Å². The number of hydrogen-bond acceptors (Lipinski definition) is 4. The van der Waals surface area contributed by atoms with Crippen LogP contribution in [-0.2, 0) is 6.54 Å². The molecule has 7 heteroatoms. The first kappa shape index (κ1) is 20.7. The van der Waals surface area contributed by atoms with Crippen LogP contribution < -0.4 is 5.32 Å². The lowest BCUT2D eigenvalue weighted by atomic mass is 10.1. The molecular weight excluding hydrogens is 397 g/mol. The molecule has 1 unspecified atom stereocenters. The predicted molar refractivity (Wildman–Crippen MR) is 114 cm³/mol. The Labute approximate surface area is 174 Å². The van der Waals surface area contributed by atoms with Crippen molar-refractivity contribution < 1.29 is 9.18 Å². The summed E-state index contributed by atoms with van der Waals surface area (Å²) in [5.74, 6) is -0.270. The lowest BCUT2D eigenvalue weighted by molar-refractivity contribution is 0.0647. The molecule has 1 fully saturated rings. The number of hydrogen-bond donors (Lipinski definition) is 1. The maximum Gasteiger partial charge on any atom is 0.264 e. The SMILES string of the molecule is Cl.O=C(c1cc2cc(F)ccc2s1)N(Cc1ccccn1)C1CCCNCC1. The molecule has 1 aliphatic heterocycles. The third-order valence-electron chi connectivity index (χ3n) is 4.99. The maximum atomic E-state index is 13.5. The molecule has 0 spiro atoms. The Bertz CT molecular complexity index is 926. The van der Waals surface area contributed by atoms with E-state index < -0.39 is 0 Å². The van der Waals surface area contributed by atoms with Gasteiger partial charge in [-0.1, -0.05) is 6.07 Å². The van der Waals surface area contributed by atoms with E-state index in [-0.39, 0.29) is 30.2 Å². The molecule has 0 radical (unpaired) electrons. The van der Waals surface area contributed by atoms with Crippen LogP contribution in [0.2, 0.25) is 0 Å². The quantitative estimate of drug-likeness (QED) is 0.669. The Morgan fingerprint density at radius 3 is 2.93 bits per heavy atom. The number of benzene rings is 1. The fraction of sp³-hybridized carbons (Fsp3) is 0.333. The van der Waals surface area contributed by atoms with E-state index in [2.05, 4.69) is 10.3 Å². The van der Waals surface area contributed by atoms with E-state index in [0.29, 0.717) is 11.4 Å². The molecule has 1 aliphatic rings. The molecule has 1 saturated heterocycles. The highest BCUT2D eigenvalue weighted by atomic mass is 35.5. The Hall–Kier alpha value is -2.02. The van der Waals surface area contributed by atoms with Gasteiger partial charge in [-0.2, -0.15) is 0 Å². The van der Waals surface area contributed by atoms with E-state index in [4.69, 9.17) is 0 Å². The van der Waals surface area contributed by atoms with Crippen molar-refractivity contribution in [3.63, 3.8) is 0 Å². The van der Waals surface area contributed by atoms with Crippen molar-refractivity contribution in [1.29, 1.82) is 0 Å². The van der Waals surface area contributed by atoms with Crippen LogP contribution in [0.1, 0.15) is 34.6 Å². The number of aromatic nitrogens is 1. The second-order valence-electron chi connectivity index (χ2n) is 6.88. The Morgan fingerprint density at radius 1 is 1.21 bits per heavy atom. The number of thiophene rings is 1. The van der Waals surface area contributed by atoms with Gasteiger partial charge in [-0.05, 0) is 74.1 Å². The molecule has 0 bridgehead atoms. The summed E-state index contributed by atoms with van der Waals surface area (Å²) in [5, 5.41) is 4.19. The summed E-state index contributed by atoms with van der Waals surface area (Å²) in [4.78, 5) is 20.4. The van der Waals surface area contributed by atoms with Crippen LogP contribution in [0.4, 0.5) is 4.39 Å². The predicted octanol–water partition coefficient (Wildman–Crippen LogP) is 4.64. The van der Waals surface area contributed by atoms with Crippen molar-refractivity contribution in [3.05, 3.63) is 65.0 Å². The summed E-state index contributed by atoms with van der Waals surface area (Å²) >= 11 is 1.43. The largest absolute Gasteiger partial charge is 0.329 e. The molecule has 1 atom stereocenters. The summed E-state index contributed by atoms with van der Waals surface area (Å²) in [6.07, 6.45) is 4.71. The second-order valence-corrected chi connectivity index (χ2v) is 7.97. The third kappa shape index (κ3) is 4.69. The molecule has 0 aliphatic carbocycles. The van der Waals surface area contributed by atoms with Gasteiger partial charge in [0.05, 0.1) is 17.1 Å². The van der Waals surface area contributed by atoms with Crippen molar-refractivity contribution in [2.24, 2.45) is 0 Å². The zero-order chi connectivity index (χ0) is 18.6. The minimum absolute atomic E-state index is 0. The zero-order valence-electron chi connectivity index (χ0n) is 15.4. The van der Waals surface area contributed by atoms with Crippen molar-refractivity contribution in [3.8, 4) is 0 Å². The number of rotatable bonds is 4. The Kier molecular flexibility index (Phi) is 6.99. The minimum Gasteiger partial charge on any atom is -0.329 e. The average molecular weight is 420 g/mol. The molecule has 1 N–H and O–H groups in total. The standard InChI is InChI=1S/C21H22FN3OS.ClH/c22-16-6-7-19-15(12-16)13-20(27-19)21(26)25(14-17-4-1-2-10-24-17)18-5-3-9-23-11-8-18;/h1-2,4,6-7,10,12-13,18,23H,3,5,8-9,11,14H2;1H. The van der Waals surface area contributed by atoms with Gasteiger partial charge in [0, 0.05) is 16.9 Å². The van der Waals surface area contributed by atoms with Gasteiger partial charge in [0.2, 0.25) is 0 Å². The number of halogens is 2. The Morgan fingerprint density at radius 2 is 2.11 bits per heavy atom. The van der Waals surface area contributed by atoms with E-state index in [1.54, 1.807) is 12.3 Å². The molecule has 1 amide bonds. The van der Waals surface area contributed by atoms with Gasteiger partial charge in [0.1, 0.15) is 5.82 Å². The number of amides is 1. The summed E-state index contributed by atoms with van der Waals surface area (Å²) in [5.41, 5.74) is 0.884. The molecule has 1 aromatic carbocycles. The number of carbonyl (C=O) groups is 1. The smallest absolute Gasteiger partial charge is 0.264 e. The lowest BCUT2D eigenvalue weighted by Crippen LogP contribution is -2.40. The lowest BCUT2D eigenvalue weighted by Gasteiger charge is -2.30. The molecule has 0 saturated carbocycles. The fourth-order valence-corrected chi connectivity index (χ4v) is 4.61. The first-order chi connectivity index (χ1) is 13.2. The van der Waals surface area contributed by atoms with Crippen molar-refractivity contribution in [2.75, 3.05) is 13.1 Å². The second kappa shape index (κ2) is 9.45. The van der Waals surface area contributed by atoms with Crippen LogP contribution in [0.5, 0.6) is 0 Å². The molecule has 148 valence electrons. The molecule has 4 rings (SSSR count). The van der Waals surface area contributed by atoms with E-state index in [9.17, 15) is 9.18 Å². The third-order valence-corrected chi connectivity index (χ3v) is 6.10. The van der Waals surface area contributed by atoms with E-state index in [1.165, 1.54) is 23.5 Å². The van der Waals surface area contributed by atoms with Crippen molar-refractivity contribution in [2.45, 2.75) is 31.8 Å².